The van der Waals surface area contributed by atoms with Crippen LogP contribution >= 0.6 is 27.3 Å². The summed E-state index contributed by atoms with van der Waals surface area (Å²) >= 11 is 4.97. The van der Waals surface area contributed by atoms with Gasteiger partial charge >= 0.3 is 0 Å². The highest BCUT2D eigenvalue weighted by molar-refractivity contribution is 9.10. The van der Waals surface area contributed by atoms with Crippen molar-refractivity contribution in [2.24, 2.45) is 0 Å². The maximum Gasteiger partial charge on any atom is 0.132 e. The first kappa shape index (κ1) is 12.7. The minimum Gasteiger partial charge on any atom is -0.313 e. The van der Waals surface area contributed by atoms with Crippen molar-refractivity contribution in [3.63, 3.8) is 0 Å². The number of hydrogen-bond acceptors (Lipinski definition) is 2. The van der Waals surface area contributed by atoms with Crippen LogP contribution < -0.4 is 5.32 Å². The molecule has 0 bridgehead atoms. The van der Waals surface area contributed by atoms with Crippen LogP contribution in [-0.2, 0) is 6.54 Å². The SMILES string of the molecule is CCNCc1ccc(-c2sccc2Br)c(F)c1. The van der Waals surface area contributed by atoms with E-state index in [1.54, 1.807) is 6.07 Å². The first-order valence-corrected chi connectivity index (χ1v) is 7.12. The van der Waals surface area contributed by atoms with E-state index in [-0.39, 0.29) is 5.82 Å². The van der Waals surface area contributed by atoms with E-state index in [4.69, 9.17) is 0 Å². The number of halogens is 2. The number of rotatable bonds is 4. The molecule has 0 unspecified atom stereocenters. The molecule has 0 radical (unpaired) electrons. The van der Waals surface area contributed by atoms with Gasteiger partial charge in [-0.2, -0.15) is 0 Å². The highest BCUT2D eigenvalue weighted by Crippen LogP contribution is 2.35. The van der Waals surface area contributed by atoms with E-state index in [1.807, 2.05) is 30.5 Å². The maximum absolute atomic E-state index is 14.0. The van der Waals surface area contributed by atoms with Gasteiger partial charge in [0.25, 0.3) is 0 Å². The Bertz CT molecular complexity index is 510. The molecule has 1 aromatic carbocycles. The molecule has 0 saturated carbocycles. The fraction of sp³-hybridized carbons (Fsp3) is 0.231. The van der Waals surface area contributed by atoms with E-state index in [1.165, 1.54) is 11.3 Å². The van der Waals surface area contributed by atoms with Gasteiger partial charge < -0.3 is 5.32 Å². The molecule has 90 valence electrons. The first-order chi connectivity index (χ1) is 8.22. The highest BCUT2D eigenvalue weighted by Gasteiger charge is 2.10. The maximum atomic E-state index is 14.0. The molecule has 0 aliphatic rings. The molecule has 0 spiro atoms. The predicted octanol–water partition coefficient (Wildman–Crippen LogP) is 4.43. The fourth-order valence-corrected chi connectivity index (χ4v) is 3.22. The van der Waals surface area contributed by atoms with Gasteiger partial charge in [-0.15, -0.1) is 11.3 Å². The Morgan fingerprint density at radius 2 is 2.18 bits per heavy atom. The monoisotopic (exact) mass is 313 g/mol. The zero-order chi connectivity index (χ0) is 12.3. The Balaban J connectivity index is 2.29. The van der Waals surface area contributed by atoms with E-state index < -0.39 is 0 Å². The lowest BCUT2D eigenvalue weighted by Gasteiger charge is -2.06. The van der Waals surface area contributed by atoms with Crippen LogP contribution in [0.1, 0.15) is 12.5 Å². The summed E-state index contributed by atoms with van der Waals surface area (Å²) in [7, 11) is 0. The van der Waals surface area contributed by atoms with Gasteiger partial charge in [-0.1, -0.05) is 19.1 Å². The van der Waals surface area contributed by atoms with Gasteiger partial charge in [0.2, 0.25) is 0 Å². The van der Waals surface area contributed by atoms with Gasteiger partial charge in [0.05, 0.1) is 4.88 Å². The summed E-state index contributed by atoms with van der Waals surface area (Å²) in [4.78, 5) is 0.942. The van der Waals surface area contributed by atoms with Crippen LogP contribution in [0.4, 0.5) is 4.39 Å². The predicted molar refractivity (Wildman–Crippen MR) is 74.8 cm³/mol. The van der Waals surface area contributed by atoms with Gasteiger partial charge in [0.1, 0.15) is 5.82 Å². The minimum atomic E-state index is -0.163. The molecule has 0 aliphatic carbocycles. The summed E-state index contributed by atoms with van der Waals surface area (Å²) in [5, 5.41) is 5.13. The van der Waals surface area contributed by atoms with Crippen LogP contribution in [0.2, 0.25) is 0 Å². The van der Waals surface area contributed by atoms with Gasteiger partial charge in [-0.05, 0) is 45.6 Å². The summed E-state index contributed by atoms with van der Waals surface area (Å²) in [5.41, 5.74) is 1.63. The van der Waals surface area contributed by atoms with Crippen LogP contribution in [0.5, 0.6) is 0 Å². The molecule has 4 heteroatoms. The molecule has 1 N–H and O–H groups in total. The van der Waals surface area contributed by atoms with Gasteiger partial charge in [-0.3, -0.25) is 0 Å². The molecule has 0 amide bonds. The molecular formula is C13H13BrFNS. The average Bonchev–Trinajstić information content (AvgIpc) is 2.73. The van der Waals surface area contributed by atoms with Crippen LogP contribution in [0.15, 0.2) is 34.1 Å². The number of benzene rings is 1. The molecule has 1 heterocycles. The molecular weight excluding hydrogens is 301 g/mol. The summed E-state index contributed by atoms with van der Waals surface area (Å²) in [6.07, 6.45) is 0. The second-order valence-corrected chi connectivity index (χ2v) is 5.46. The molecule has 2 aromatic rings. The number of nitrogens with one attached hydrogen (secondary N) is 1. The van der Waals surface area contributed by atoms with E-state index in [2.05, 4.69) is 21.2 Å². The van der Waals surface area contributed by atoms with Gasteiger partial charge in [0, 0.05) is 16.6 Å². The Morgan fingerprint density at radius 3 is 2.76 bits per heavy atom. The van der Waals surface area contributed by atoms with Crippen molar-refractivity contribution in [1.82, 2.24) is 5.32 Å². The molecule has 1 aromatic heterocycles. The van der Waals surface area contributed by atoms with Crippen molar-refractivity contribution in [3.8, 4) is 10.4 Å². The Morgan fingerprint density at radius 1 is 1.35 bits per heavy atom. The molecule has 0 aliphatic heterocycles. The average molecular weight is 314 g/mol. The smallest absolute Gasteiger partial charge is 0.132 e. The number of hydrogen-bond donors (Lipinski definition) is 1. The second-order valence-electron chi connectivity index (χ2n) is 3.69. The van der Waals surface area contributed by atoms with E-state index in [0.29, 0.717) is 12.1 Å². The molecule has 0 saturated heterocycles. The normalized spacial score (nSPS) is 10.8. The number of thiophene rings is 1. The summed E-state index contributed by atoms with van der Waals surface area (Å²) in [6.45, 7) is 3.63. The van der Waals surface area contributed by atoms with Crippen molar-refractivity contribution in [3.05, 3.63) is 45.5 Å². The topological polar surface area (TPSA) is 12.0 Å². The molecule has 0 fully saturated rings. The Labute approximate surface area is 113 Å². The second kappa shape index (κ2) is 5.76. The van der Waals surface area contributed by atoms with E-state index >= 15 is 0 Å². The van der Waals surface area contributed by atoms with Crippen molar-refractivity contribution in [2.45, 2.75) is 13.5 Å². The minimum absolute atomic E-state index is 0.163. The van der Waals surface area contributed by atoms with E-state index in [0.717, 1.165) is 21.5 Å². The summed E-state index contributed by atoms with van der Waals surface area (Å²) in [5.74, 6) is -0.163. The fourth-order valence-electron chi connectivity index (χ4n) is 1.61. The lowest BCUT2D eigenvalue weighted by molar-refractivity contribution is 0.625. The summed E-state index contributed by atoms with van der Waals surface area (Å²) < 4.78 is 14.9. The molecule has 17 heavy (non-hydrogen) atoms. The highest BCUT2D eigenvalue weighted by atomic mass is 79.9. The standard InChI is InChI=1S/C13H13BrFNS/c1-2-16-8-9-3-4-10(12(15)7-9)13-11(14)5-6-17-13/h3-7,16H,2,8H2,1H3. The third kappa shape index (κ3) is 2.94. The van der Waals surface area contributed by atoms with Crippen molar-refractivity contribution in [1.29, 1.82) is 0 Å². The third-order valence-electron chi connectivity index (χ3n) is 2.47. The van der Waals surface area contributed by atoms with Crippen LogP contribution in [-0.4, -0.2) is 6.54 Å². The first-order valence-electron chi connectivity index (χ1n) is 5.45. The lowest BCUT2D eigenvalue weighted by Crippen LogP contribution is -2.11. The molecule has 2 rings (SSSR count). The molecule has 1 nitrogen and oxygen atoms in total. The Kier molecular flexibility index (Phi) is 4.31. The lowest BCUT2D eigenvalue weighted by atomic mass is 10.1. The zero-order valence-electron chi connectivity index (χ0n) is 9.47. The van der Waals surface area contributed by atoms with Gasteiger partial charge in [0.15, 0.2) is 0 Å². The van der Waals surface area contributed by atoms with E-state index in [9.17, 15) is 4.39 Å². The van der Waals surface area contributed by atoms with Gasteiger partial charge in [-0.25, -0.2) is 4.39 Å². The third-order valence-corrected chi connectivity index (χ3v) is 4.35. The quantitative estimate of drug-likeness (QED) is 0.880. The Hall–Kier alpha value is -0.710. The zero-order valence-corrected chi connectivity index (χ0v) is 11.9. The van der Waals surface area contributed by atoms with Crippen LogP contribution in [0, 0.1) is 5.82 Å². The van der Waals surface area contributed by atoms with Crippen molar-refractivity contribution in [2.75, 3.05) is 6.54 Å². The summed E-state index contributed by atoms with van der Waals surface area (Å²) in [6, 6.07) is 7.35. The van der Waals surface area contributed by atoms with Crippen LogP contribution in [0.3, 0.4) is 0 Å². The molecule has 0 atom stereocenters. The van der Waals surface area contributed by atoms with Crippen molar-refractivity contribution < 1.29 is 4.39 Å². The van der Waals surface area contributed by atoms with Crippen LogP contribution in [0.25, 0.3) is 10.4 Å². The van der Waals surface area contributed by atoms with Crippen molar-refractivity contribution >= 4 is 27.3 Å². The largest absolute Gasteiger partial charge is 0.313 e.